The van der Waals surface area contributed by atoms with Gasteiger partial charge in [-0.3, -0.25) is 14.4 Å². The number of hydrogen-bond acceptors (Lipinski definition) is 4. The van der Waals surface area contributed by atoms with Crippen LogP contribution in [0.5, 0.6) is 0 Å². The van der Waals surface area contributed by atoms with Crippen LogP contribution in [-0.2, 0) is 31.7 Å². The number of methoxy groups -OCH3 is 1. The van der Waals surface area contributed by atoms with Gasteiger partial charge in [-0.15, -0.1) is 0 Å². The van der Waals surface area contributed by atoms with Gasteiger partial charge in [-0.2, -0.15) is 13.2 Å². The molecular formula is C21H18ClF3N2O4. The molecule has 2 N–H and O–H groups in total. The Morgan fingerprint density at radius 3 is 2.39 bits per heavy atom. The van der Waals surface area contributed by atoms with Crippen molar-refractivity contribution < 1.29 is 32.3 Å². The number of halogens is 4. The van der Waals surface area contributed by atoms with Gasteiger partial charge in [-0.1, -0.05) is 23.7 Å². The molecule has 0 aliphatic heterocycles. The summed E-state index contributed by atoms with van der Waals surface area (Å²) in [6.45, 7) is -0.230. The van der Waals surface area contributed by atoms with Crippen LogP contribution in [-0.4, -0.2) is 31.4 Å². The van der Waals surface area contributed by atoms with E-state index >= 15 is 0 Å². The molecule has 0 aromatic heterocycles. The Hall–Kier alpha value is -3.33. The van der Waals surface area contributed by atoms with Gasteiger partial charge in [-0.25, -0.2) is 0 Å². The summed E-state index contributed by atoms with van der Waals surface area (Å²) in [6, 6.07) is 9.17. The molecular weight excluding hydrogens is 437 g/mol. The highest BCUT2D eigenvalue weighted by molar-refractivity contribution is 6.32. The van der Waals surface area contributed by atoms with Gasteiger partial charge in [0.25, 0.3) is 0 Å². The molecule has 0 radical (unpaired) electrons. The summed E-state index contributed by atoms with van der Waals surface area (Å²) >= 11 is 5.89. The number of alkyl halides is 3. The number of hydrogen-bond donors (Lipinski definition) is 2. The quantitative estimate of drug-likeness (QED) is 0.492. The molecule has 0 aliphatic rings. The van der Waals surface area contributed by atoms with Gasteiger partial charge in [0.15, 0.2) is 0 Å². The van der Waals surface area contributed by atoms with Crippen LogP contribution < -0.4 is 10.6 Å². The lowest BCUT2D eigenvalue weighted by Crippen LogP contribution is -2.31. The Morgan fingerprint density at radius 2 is 1.77 bits per heavy atom. The van der Waals surface area contributed by atoms with E-state index in [4.69, 9.17) is 11.6 Å². The van der Waals surface area contributed by atoms with Gasteiger partial charge in [0.05, 0.1) is 19.1 Å². The topological polar surface area (TPSA) is 84.5 Å². The molecule has 2 aromatic rings. The molecule has 2 aromatic carbocycles. The van der Waals surface area contributed by atoms with Crippen molar-refractivity contribution in [3.63, 3.8) is 0 Å². The van der Waals surface area contributed by atoms with Gasteiger partial charge in [-0.05, 0) is 47.5 Å². The van der Waals surface area contributed by atoms with Crippen LogP contribution in [0.1, 0.15) is 16.7 Å². The maximum absolute atomic E-state index is 12.8. The molecule has 0 saturated carbocycles. The summed E-state index contributed by atoms with van der Waals surface area (Å²) in [4.78, 5) is 34.8. The lowest BCUT2D eigenvalue weighted by Gasteiger charge is -2.08. The average molecular weight is 455 g/mol. The van der Waals surface area contributed by atoms with E-state index in [-0.39, 0.29) is 29.5 Å². The van der Waals surface area contributed by atoms with E-state index in [0.29, 0.717) is 11.3 Å². The molecule has 0 atom stereocenters. The smallest absolute Gasteiger partial charge is 0.416 e. The second-order valence-electron chi connectivity index (χ2n) is 6.28. The van der Waals surface area contributed by atoms with E-state index in [0.717, 1.165) is 24.3 Å². The van der Waals surface area contributed by atoms with Gasteiger partial charge in [0.2, 0.25) is 11.8 Å². The lowest BCUT2D eigenvalue weighted by molar-refractivity contribution is -0.141. The Morgan fingerprint density at radius 1 is 1.10 bits per heavy atom. The molecule has 0 saturated heterocycles. The Balaban J connectivity index is 1.94. The molecule has 0 aliphatic carbocycles. The molecule has 31 heavy (non-hydrogen) atoms. The molecule has 6 nitrogen and oxygen atoms in total. The van der Waals surface area contributed by atoms with Crippen LogP contribution in [0, 0.1) is 0 Å². The SMILES string of the molecule is COC(=O)CNC(=O)Cc1ccc(NC(=O)/C=C/c2cc(C(F)(F)F)ccc2Cl)cc1. The van der Waals surface area contributed by atoms with Crippen molar-refractivity contribution in [3.8, 4) is 0 Å². The molecule has 10 heteroatoms. The van der Waals surface area contributed by atoms with E-state index in [2.05, 4.69) is 15.4 Å². The fourth-order valence-electron chi connectivity index (χ4n) is 2.39. The second kappa shape index (κ2) is 10.6. The molecule has 164 valence electrons. The van der Waals surface area contributed by atoms with Gasteiger partial charge in [0, 0.05) is 16.8 Å². The molecule has 2 amide bonds. The number of amides is 2. The minimum atomic E-state index is -4.52. The minimum Gasteiger partial charge on any atom is -0.468 e. The van der Waals surface area contributed by atoms with Crippen molar-refractivity contribution in [1.29, 1.82) is 0 Å². The summed E-state index contributed by atoms with van der Waals surface area (Å²) in [5.74, 6) is -1.51. The van der Waals surface area contributed by atoms with Gasteiger partial charge in [0.1, 0.15) is 6.54 Å². The van der Waals surface area contributed by atoms with Crippen molar-refractivity contribution in [2.24, 2.45) is 0 Å². The summed E-state index contributed by atoms with van der Waals surface area (Å²) in [6.07, 6.45) is -2.24. The average Bonchev–Trinajstić information content (AvgIpc) is 2.72. The predicted molar refractivity (Wildman–Crippen MR) is 109 cm³/mol. The van der Waals surface area contributed by atoms with Crippen molar-refractivity contribution in [3.05, 3.63) is 70.3 Å². The van der Waals surface area contributed by atoms with E-state index in [1.807, 2.05) is 0 Å². The zero-order valence-electron chi connectivity index (χ0n) is 16.3. The van der Waals surface area contributed by atoms with Crippen LogP contribution in [0.4, 0.5) is 18.9 Å². The lowest BCUT2D eigenvalue weighted by atomic mass is 10.1. The standard InChI is InChI=1S/C21H18ClF3N2O4/c1-31-20(30)12-26-19(29)10-13-2-6-16(7-3-13)27-18(28)9-4-14-11-15(21(23,24)25)5-8-17(14)22/h2-9,11H,10,12H2,1H3,(H,26,29)(H,27,28)/b9-4+. The summed E-state index contributed by atoms with van der Waals surface area (Å²) in [7, 11) is 1.21. The first-order valence-corrected chi connectivity index (χ1v) is 9.24. The predicted octanol–water partition coefficient (Wildman–Crippen LogP) is 3.84. The maximum Gasteiger partial charge on any atom is 0.416 e. The van der Waals surface area contributed by atoms with Gasteiger partial charge < -0.3 is 15.4 Å². The number of benzene rings is 2. The van der Waals surface area contributed by atoms with Crippen LogP contribution in [0.25, 0.3) is 6.08 Å². The van der Waals surface area contributed by atoms with Crippen molar-refractivity contribution >= 4 is 41.1 Å². The summed E-state index contributed by atoms with van der Waals surface area (Å²) in [5, 5.41) is 5.03. The summed E-state index contributed by atoms with van der Waals surface area (Å²) < 4.78 is 42.8. The first-order chi connectivity index (χ1) is 14.6. The fraction of sp³-hybridized carbons (Fsp3) is 0.190. The Kier molecular flexibility index (Phi) is 8.21. The van der Waals surface area contributed by atoms with Crippen LogP contribution in [0.15, 0.2) is 48.5 Å². The zero-order chi connectivity index (χ0) is 23.0. The molecule has 0 unspecified atom stereocenters. The normalized spacial score (nSPS) is 11.3. The number of carbonyl (C=O) groups is 3. The summed E-state index contributed by atoms with van der Waals surface area (Å²) in [5.41, 5.74) is 0.248. The van der Waals surface area contributed by atoms with E-state index in [1.165, 1.54) is 13.2 Å². The molecule has 0 bridgehead atoms. The third-order valence-corrected chi connectivity index (χ3v) is 4.33. The number of ether oxygens (including phenoxy) is 1. The minimum absolute atomic E-state index is 0.0270. The number of anilines is 1. The highest BCUT2D eigenvalue weighted by Crippen LogP contribution is 2.32. The van der Waals surface area contributed by atoms with Crippen molar-refractivity contribution in [1.82, 2.24) is 5.32 Å². The van der Waals surface area contributed by atoms with Crippen LogP contribution >= 0.6 is 11.6 Å². The Labute approximate surface area is 181 Å². The van der Waals surface area contributed by atoms with E-state index < -0.39 is 23.6 Å². The third kappa shape index (κ3) is 7.78. The molecule has 0 heterocycles. The number of nitrogens with one attached hydrogen (secondary N) is 2. The van der Waals surface area contributed by atoms with Crippen molar-refractivity contribution in [2.45, 2.75) is 12.6 Å². The van der Waals surface area contributed by atoms with Gasteiger partial charge >= 0.3 is 12.1 Å². The molecule has 0 spiro atoms. The fourth-order valence-corrected chi connectivity index (χ4v) is 2.57. The number of esters is 1. The highest BCUT2D eigenvalue weighted by Gasteiger charge is 2.30. The number of rotatable bonds is 7. The third-order valence-electron chi connectivity index (χ3n) is 3.98. The number of carbonyl (C=O) groups excluding carboxylic acids is 3. The molecule has 0 fully saturated rings. The largest absolute Gasteiger partial charge is 0.468 e. The highest BCUT2D eigenvalue weighted by atomic mass is 35.5. The molecule has 2 rings (SSSR count). The first-order valence-electron chi connectivity index (χ1n) is 8.86. The maximum atomic E-state index is 12.8. The zero-order valence-corrected chi connectivity index (χ0v) is 17.0. The second-order valence-corrected chi connectivity index (χ2v) is 6.69. The van der Waals surface area contributed by atoms with E-state index in [9.17, 15) is 27.6 Å². The first kappa shape index (κ1) is 23.9. The van der Waals surface area contributed by atoms with Crippen LogP contribution in [0.2, 0.25) is 5.02 Å². The monoisotopic (exact) mass is 454 g/mol. The van der Waals surface area contributed by atoms with Crippen LogP contribution in [0.3, 0.4) is 0 Å². The van der Waals surface area contributed by atoms with Crippen molar-refractivity contribution in [2.75, 3.05) is 19.0 Å². The van der Waals surface area contributed by atoms with E-state index in [1.54, 1.807) is 24.3 Å². The Bertz CT molecular complexity index is 989.